The van der Waals surface area contributed by atoms with Crippen molar-refractivity contribution in [2.45, 2.75) is 6.54 Å². The smallest absolute Gasteiger partial charge is 0.133 e. The highest BCUT2D eigenvalue weighted by molar-refractivity contribution is 5.81. The van der Waals surface area contributed by atoms with E-state index in [0.29, 0.717) is 6.61 Å². The van der Waals surface area contributed by atoms with E-state index in [1.165, 1.54) is 10.9 Å². The minimum atomic E-state index is 0.698. The van der Waals surface area contributed by atoms with E-state index in [4.69, 9.17) is 9.72 Å². The fraction of sp³-hybridized carbons (Fsp3) is 0.400. The van der Waals surface area contributed by atoms with Gasteiger partial charge in [0, 0.05) is 38.2 Å². The molecular formula is C15H21N3O. The molecule has 0 saturated carbocycles. The molecule has 1 N–H and O–H groups in total. The lowest BCUT2D eigenvalue weighted by molar-refractivity contribution is 0.206. The monoisotopic (exact) mass is 259 g/mol. The predicted octanol–water partition coefficient (Wildman–Crippen LogP) is 2.04. The fourth-order valence-electron chi connectivity index (χ4n) is 2.13. The lowest BCUT2D eigenvalue weighted by Crippen LogP contribution is -2.25. The average molecular weight is 259 g/mol. The molecule has 0 amide bonds. The second-order valence-corrected chi connectivity index (χ2v) is 4.61. The highest BCUT2D eigenvalue weighted by atomic mass is 16.5. The van der Waals surface area contributed by atoms with Crippen LogP contribution in [-0.2, 0) is 11.3 Å². The van der Waals surface area contributed by atoms with Gasteiger partial charge in [-0.2, -0.15) is 0 Å². The number of ether oxygens (including phenoxy) is 1. The van der Waals surface area contributed by atoms with E-state index in [0.717, 1.165) is 24.4 Å². The molecule has 1 heterocycles. The zero-order valence-corrected chi connectivity index (χ0v) is 11.8. The van der Waals surface area contributed by atoms with Crippen LogP contribution in [0.3, 0.4) is 0 Å². The molecule has 0 fully saturated rings. The minimum absolute atomic E-state index is 0.698. The zero-order chi connectivity index (χ0) is 13.7. The number of methoxy groups -OCH3 is 1. The van der Waals surface area contributed by atoms with Crippen molar-refractivity contribution in [1.29, 1.82) is 0 Å². The van der Waals surface area contributed by atoms with E-state index >= 15 is 0 Å². The number of rotatable bonds is 6. The molecule has 2 rings (SSSR count). The molecule has 4 nitrogen and oxygen atoms in total. The maximum Gasteiger partial charge on any atom is 0.133 e. The molecule has 0 spiro atoms. The van der Waals surface area contributed by atoms with Crippen LogP contribution in [0.5, 0.6) is 0 Å². The van der Waals surface area contributed by atoms with E-state index in [9.17, 15) is 0 Å². The van der Waals surface area contributed by atoms with Crippen molar-refractivity contribution in [2.75, 3.05) is 39.3 Å². The van der Waals surface area contributed by atoms with Gasteiger partial charge in [0.25, 0.3) is 0 Å². The van der Waals surface area contributed by atoms with Crippen LogP contribution < -0.4 is 10.2 Å². The molecule has 1 aromatic heterocycles. The van der Waals surface area contributed by atoms with Gasteiger partial charge < -0.3 is 15.0 Å². The highest BCUT2D eigenvalue weighted by Gasteiger charge is 2.10. The van der Waals surface area contributed by atoms with Gasteiger partial charge in [0.15, 0.2) is 0 Å². The average Bonchev–Trinajstić information content (AvgIpc) is 2.44. The fourth-order valence-corrected chi connectivity index (χ4v) is 2.13. The third-order valence-electron chi connectivity index (χ3n) is 3.14. The second kappa shape index (κ2) is 6.50. The van der Waals surface area contributed by atoms with Crippen molar-refractivity contribution in [1.82, 2.24) is 10.3 Å². The first-order chi connectivity index (χ1) is 9.26. The van der Waals surface area contributed by atoms with Crippen LogP contribution in [0.25, 0.3) is 10.9 Å². The second-order valence-electron chi connectivity index (χ2n) is 4.61. The lowest BCUT2D eigenvalue weighted by Gasteiger charge is -2.21. The van der Waals surface area contributed by atoms with E-state index in [1.54, 1.807) is 7.11 Å². The molecule has 4 heteroatoms. The molecule has 102 valence electrons. The molecule has 0 unspecified atom stereocenters. The van der Waals surface area contributed by atoms with Crippen molar-refractivity contribution >= 4 is 16.7 Å². The zero-order valence-electron chi connectivity index (χ0n) is 11.8. The number of fused-ring (bicyclic) bond motifs is 1. The number of anilines is 1. The molecule has 0 aliphatic rings. The first-order valence-electron chi connectivity index (χ1n) is 6.49. The summed E-state index contributed by atoms with van der Waals surface area (Å²) in [5.41, 5.74) is 2.24. The Morgan fingerprint density at radius 3 is 2.84 bits per heavy atom. The van der Waals surface area contributed by atoms with E-state index in [2.05, 4.69) is 29.4 Å². The number of nitrogens with one attached hydrogen (secondary N) is 1. The van der Waals surface area contributed by atoms with Crippen molar-refractivity contribution in [3.05, 3.63) is 35.9 Å². The van der Waals surface area contributed by atoms with Crippen LogP contribution in [0.15, 0.2) is 30.3 Å². The van der Waals surface area contributed by atoms with Crippen LogP contribution in [0.4, 0.5) is 5.82 Å². The van der Waals surface area contributed by atoms with Crippen molar-refractivity contribution in [3.63, 3.8) is 0 Å². The summed E-state index contributed by atoms with van der Waals surface area (Å²) in [6, 6.07) is 10.4. The highest BCUT2D eigenvalue weighted by Crippen LogP contribution is 2.22. The summed E-state index contributed by atoms with van der Waals surface area (Å²) in [6.45, 7) is 2.34. The molecule has 19 heavy (non-hydrogen) atoms. The molecular weight excluding hydrogens is 238 g/mol. The first-order valence-corrected chi connectivity index (χ1v) is 6.49. The van der Waals surface area contributed by atoms with E-state index in [1.807, 2.05) is 25.2 Å². The SMILES string of the molecule is CNCc1cc2ccccc2nc1N(C)CCOC. The molecule has 2 aromatic rings. The number of hydrogen-bond donors (Lipinski definition) is 1. The Hall–Kier alpha value is -1.65. The Morgan fingerprint density at radius 1 is 1.32 bits per heavy atom. The molecule has 0 radical (unpaired) electrons. The van der Waals surface area contributed by atoms with Gasteiger partial charge in [0.1, 0.15) is 5.82 Å². The summed E-state index contributed by atoms with van der Waals surface area (Å²) in [6.07, 6.45) is 0. The number of aromatic nitrogens is 1. The number of hydrogen-bond acceptors (Lipinski definition) is 4. The van der Waals surface area contributed by atoms with Crippen LogP contribution in [0, 0.1) is 0 Å². The summed E-state index contributed by atoms with van der Waals surface area (Å²) < 4.78 is 5.14. The first kappa shape index (κ1) is 13.8. The maximum atomic E-state index is 5.14. The largest absolute Gasteiger partial charge is 0.383 e. The summed E-state index contributed by atoms with van der Waals surface area (Å²) in [7, 11) is 5.72. The summed E-state index contributed by atoms with van der Waals surface area (Å²) in [5, 5.41) is 4.38. The standard InChI is InChI=1S/C15H21N3O/c1-16-11-13-10-12-6-4-5-7-14(12)17-15(13)18(2)8-9-19-3/h4-7,10,16H,8-9,11H2,1-3H3. The number of nitrogens with zero attached hydrogens (tertiary/aromatic N) is 2. The van der Waals surface area contributed by atoms with Crippen molar-refractivity contribution < 1.29 is 4.74 Å². The lowest BCUT2D eigenvalue weighted by atomic mass is 10.1. The molecule has 0 saturated heterocycles. The molecule has 1 aromatic carbocycles. The van der Waals surface area contributed by atoms with Gasteiger partial charge in [-0.15, -0.1) is 0 Å². The predicted molar refractivity (Wildman–Crippen MR) is 79.7 cm³/mol. The number of pyridine rings is 1. The number of para-hydroxylation sites is 1. The van der Waals surface area contributed by atoms with Crippen LogP contribution in [-0.4, -0.2) is 39.3 Å². The quantitative estimate of drug-likeness (QED) is 0.861. The van der Waals surface area contributed by atoms with Gasteiger partial charge in [-0.1, -0.05) is 18.2 Å². The number of benzene rings is 1. The third-order valence-corrected chi connectivity index (χ3v) is 3.14. The van der Waals surface area contributed by atoms with Crippen molar-refractivity contribution in [3.8, 4) is 0 Å². The Morgan fingerprint density at radius 2 is 2.11 bits per heavy atom. The Kier molecular flexibility index (Phi) is 4.71. The third kappa shape index (κ3) is 3.22. The number of likely N-dealkylation sites (N-methyl/N-ethyl adjacent to an activating group) is 1. The van der Waals surface area contributed by atoms with Gasteiger partial charge in [-0.25, -0.2) is 4.98 Å². The molecule has 0 bridgehead atoms. The van der Waals surface area contributed by atoms with Crippen molar-refractivity contribution in [2.24, 2.45) is 0 Å². The Balaban J connectivity index is 2.40. The van der Waals surface area contributed by atoms with Gasteiger partial charge in [0.05, 0.1) is 12.1 Å². The van der Waals surface area contributed by atoms with Crippen LogP contribution >= 0.6 is 0 Å². The Labute approximate surface area is 114 Å². The van der Waals surface area contributed by atoms with E-state index < -0.39 is 0 Å². The molecule has 0 atom stereocenters. The summed E-state index contributed by atoms with van der Waals surface area (Å²) in [4.78, 5) is 6.92. The summed E-state index contributed by atoms with van der Waals surface area (Å²) >= 11 is 0. The Bertz CT molecular complexity index is 542. The van der Waals surface area contributed by atoms with Gasteiger partial charge >= 0.3 is 0 Å². The summed E-state index contributed by atoms with van der Waals surface area (Å²) in [5.74, 6) is 1.02. The minimum Gasteiger partial charge on any atom is -0.383 e. The molecule has 0 aliphatic carbocycles. The van der Waals surface area contributed by atoms with E-state index in [-0.39, 0.29) is 0 Å². The van der Waals surface area contributed by atoms with Gasteiger partial charge in [-0.05, 0) is 19.2 Å². The van der Waals surface area contributed by atoms with Crippen LogP contribution in [0.2, 0.25) is 0 Å². The molecule has 0 aliphatic heterocycles. The van der Waals surface area contributed by atoms with Gasteiger partial charge in [0.2, 0.25) is 0 Å². The van der Waals surface area contributed by atoms with Crippen LogP contribution in [0.1, 0.15) is 5.56 Å². The van der Waals surface area contributed by atoms with Gasteiger partial charge in [-0.3, -0.25) is 0 Å². The normalized spacial score (nSPS) is 10.9. The topological polar surface area (TPSA) is 37.4 Å². The maximum absolute atomic E-state index is 5.14.